The molecule has 1 unspecified atom stereocenters. The fourth-order valence-electron chi connectivity index (χ4n) is 4.64. The van der Waals surface area contributed by atoms with E-state index >= 15 is 0 Å². The number of rotatable bonds is 10. The molecule has 0 N–H and O–H groups in total. The Morgan fingerprint density at radius 1 is 0.708 bits per heavy atom. The molecule has 0 spiro atoms. The monoisotopic (exact) mass is 326 g/mol. The highest BCUT2D eigenvalue weighted by molar-refractivity contribution is 5.70. The van der Waals surface area contributed by atoms with Crippen molar-refractivity contribution in [2.75, 3.05) is 0 Å². The Labute approximate surface area is 150 Å². The van der Waals surface area contributed by atoms with Crippen LogP contribution in [0.3, 0.4) is 0 Å². The van der Waals surface area contributed by atoms with Crippen molar-refractivity contribution in [1.82, 2.24) is 0 Å². The molecule has 134 valence electrons. The Morgan fingerprint density at radius 3 is 1.92 bits per heavy atom. The number of hydrogen-bond donors (Lipinski definition) is 0. The lowest BCUT2D eigenvalue weighted by Crippen LogP contribution is -2.09. The van der Waals surface area contributed by atoms with Crippen LogP contribution in [-0.2, 0) is 19.3 Å². The Bertz CT molecular complexity index is 562. The van der Waals surface area contributed by atoms with Crippen molar-refractivity contribution in [3.8, 4) is 0 Å². The molecule has 0 heteroatoms. The largest absolute Gasteiger partial charge is 0.0653 e. The summed E-state index contributed by atoms with van der Waals surface area (Å²) in [4.78, 5) is 0. The van der Waals surface area contributed by atoms with Gasteiger partial charge in [0, 0.05) is 5.92 Å². The minimum absolute atomic E-state index is 0.706. The van der Waals surface area contributed by atoms with Crippen LogP contribution in [0.2, 0.25) is 0 Å². The van der Waals surface area contributed by atoms with E-state index in [1.807, 2.05) is 0 Å². The van der Waals surface area contributed by atoms with Gasteiger partial charge in [-0.15, -0.1) is 0 Å². The predicted molar refractivity (Wildman–Crippen MR) is 109 cm³/mol. The predicted octanol–water partition coefficient (Wildman–Crippen LogP) is 7.62. The van der Waals surface area contributed by atoms with Crippen molar-refractivity contribution in [3.05, 3.63) is 39.5 Å². The van der Waals surface area contributed by atoms with Crippen molar-refractivity contribution in [2.24, 2.45) is 0 Å². The van der Waals surface area contributed by atoms with E-state index in [1.54, 1.807) is 33.4 Å². The van der Waals surface area contributed by atoms with Crippen molar-refractivity contribution in [3.63, 3.8) is 0 Å². The molecular formula is C24H38. The number of benzene rings is 1. The summed E-state index contributed by atoms with van der Waals surface area (Å²) in [6.45, 7) is 11.7. The van der Waals surface area contributed by atoms with E-state index < -0.39 is 0 Å². The Kier molecular flexibility index (Phi) is 7.59. The molecule has 2 rings (SSSR count). The van der Waals surface area contributed by atoms with Gasteiger partial charge in [0.25, 0.3) is 0 Å². The summed E-state index contributed by atoms with van der Waals surface area (Å²) in [5, 5.41) is 0. The first-order chi connectivity index (χ1) is 11.7. The van der Waals surface area contributed by atoms with E-state index in [4.69, 9.17) is 0 Å². The van der Waals surface area contributed by atoms with Gasteiger partial charge in [-0.05, 0) is 59.9 Å². The van der Waals surface area contributed by atoms with Crippen LogP contribution in [-0.4, -0.2) is 0 Å². The lowest BCUT2D eigenvalue weighted by molar-refractivity contribution is 0.656. The molecule has 0 bridgehead atoms. The van der Waals surface area contributed by atoms with Crippen LogP contribution in [0.1, 0.15) is 113 Å². The first kappa shape index (κ1) is 19.3. The average molecular weight is 327 g/mol. The van der Waals surface area contributed by atoms with Crippen molar-refractivity contribution >= 4 is 6.08 Å². The van der Waals surface area contributed by atoms with Crippen LogP contribution < -0.4 is 0 Å². The first-order valence-electron chi connectivity index (χ1n) is 10.6. The van der Waals surface area contributed by atoms with Gasteiger partial charge >= 0.3 is 0 Å². The highest BCUT2D eigenvalue weighted by Gasteiger charge is 2.28. The normalized spacial score (nSPS) is 16.4. The quantitative estimate of drug-likeness (QED) is 0.414. The van der Waals surface area contributed by atoms with Gasteiger partial charge < -0.3 is 0 Å². The molecule has 1 aliphatic carbocycles. The van der Waals surface area contributed by atoms with E-state index in [1.165, 1.54) is 64.2 Å². The number of aryl methyl sites for hydroxylation is 1. The minimum atomic E-state index is 0.706. The lowest BCUT2D eigenvalue weighted by Gasteiger charge is -2.24. The molecule has 0 saturated heterocycles. The van der Waals surface area contributed by atoms with Crippen molar-refractivity contribution in [2.45, 2.75) is 105 Å². The van der Waals surface area contributed by atoms with Crippen LogP contribution in [0.15, 0.2) is 11.6 Å². The van der Waals surface area contributed by atoms with Crippen LogP contribution in [0.25, 0.3) is 6.08 Å². The summed E-state index contributed by atoms with van der Waals surface area (Å²) in [6, 6.07) is 2.56. The summed E-state index contributed by atoms with van der Waals surface area (Å²) in [7, 11) is 0. The Morgan fingerprint density at radius 2 is 1.33 bits per heavy atom. The van der Waals surface area contributed by atoms with Gasteiger partial charge in [0.1, 0.15) is 0 Å². The van der Waals surface area contributed by atoms with Gasteiger partial charge in [-0.3, -0.25) is 0 Å². The van der Waals surface area contributed by atoms with E-state index in [0.29, 0.717) is 5.92 Å². The SMILES string of the molecule is CCCC1=Cc2cc(CCC)c(CCC)c(CCC)c2C1CCC. The molecule has 1 aromatic carbocycles. The zero-order valence-corrected chi connectivity index (χ0v) is 16.8. The highest BCUT2D eigenvalue weighted by Crippen LogP contribution is 2.45. The molecule has 0 amide bonds. The summed E-state index contributed by atoms with van der Waals surface area (Å²) in [5.74, 6) is 0.706. The zero-order valence-electron chi connectivity index (χ0n) is 16.8. The first-order valence-corrected chi connectivity index (χ1v) is 10.6. The molecule has 0 aromatic heterocycles. The second-order valence-corrected chi connectivity index (χ2v) is 7.56. The van der Waals surface area contributed by atoms with Gasteiger partial charge in [-0.2, -0.15) is 0 Å². The third-order valence-corrected chi connectivity index (χ3v) is 5.49. The number of fused-ring (bicyclic) bond motifs is 1. The second-order valence-electron chi connectivity index (χ2n) is 7.56. The Hall–Kier alpha value is -1.04. The number of hydrogen-bond acceptors (Lipinski definition) is 0. The maximum Gasteiger partial charge on any atom is 0.00601 e. The second kappa shape index (κ2) is 9.44. The van der Waals surface area contributed by atoms with Gasteiger partial charge in [0.2, 0.25) is 0 Å². The summed E-state index contributed by atoms with van der Waals surface area (Å²) in [5.41, 5.74) is 10.1. The molecule has 0 aliphatic heterocycles. The molecule has 0 heterocycles. The highest BCUT2D eigenvalue weighted by atomic mass is 14.3. The zero-order chi connectivity index (χ0) is 17.5. The summed E-state index contributed by atoms with van der Waals surface area (Å²) < 4.78 is 0. The molecule has 0 radical (unpaired) electrons. The lowest BCUT2D eigenvalue weighted by atomic mass is 9.81. The molecule has 0 nitrogen and oxygen atoms in total. The fourth-order valence-corrected chi connectivity index (χ4v) is 4.64. The molecule has 24 heavy (non-hydrogen) atoms. The van der Waals surface area contributed by atoms with Gasteiger partial charge in [0.15, 0.2) is 0 Å². The fraction of sp³-hybridized carbons (Fsp3) is 0.667. The van der Waals surface area contributed by atoms with E-state index in [2.05, 4.69) is 46.8 Å². The molecule has 0 fully saturated rings. The van der Waals surface area contributed by atoms with Crippen molar-refractivity contribution < 1.29 is 0 Å². The van der Waals surface area contributed by atoms with Gasteiger partial charge in [-0.1, -0.05) is 84.4 Å². The smallest absolute Gasteiger partial charge is 0.00601 e. The number of allylic oxidation sites excluding steroid dienone is 1. The molecule has 1 atom stereocenters. The minimum Gasteiger partial charge on any atom is -0.0653 e. The Balaban J connectivity index is 2.60. The van der Waals surface area contributed by atoms with E-state index in [9.17, 15) is 0 Å². The van der Waals surface area contributed by atoms with Gasteiger partial charge in [0.05, 0.1) is 0 Å². The van der Waals surface area contributed by atoms with E-state index in [0.717, 1.165) is 0 Å². The molecular weight excluding hydrogens is 288 g/mol. The van der Waals surface area contributed by atoms with Crippen LogP contribution in [0.5, 0.6) is 0 Å². The topological polar surface area (TPSA) is 0 Å². The molecule has 0 saturated carbocycles. The van der Waals surface area contributed by atoms with Gasteiger partial charge in [-0.25, -0.2) is 0 Å². The molecule has 1 aromatic rings. The summed E-state index contributed by atoms with van der Waals surface area (Å²) in [6.07, 6.45) is 15.3. The maximum absolute atomic E-state index is 2.56. The van der Waals surface area contributed by atoms with Crippen LogP contribution in [0.4, 0.5) is 0 Å². The third-order valence-electron chi connectivity index (χ3n) is 5.49. The average Bonchev–Trinajstić information content (AvgIpc) is 2.89. The third kappa shape index (κ3) is 3.95. The maximum atomic E-state index is 2.56. The molecule has 1 aliphatic rings. The standard InChI is InChI=1S/C24H38/c1-6-11-18-16-20-17-19(12-7-2)22(14-9-4)24(20)23(15-10-5)21(18)13-8-3/h16-17,22H,6-15H2,1-5H3. The van der Waals surface area contributed by atoms with E-state index in [-0.39, 0.29) is 0 Å². The summed E-state index contributed by atoms with van der Waals surface area (Å²) >= 11 is 0. The van der Waals surface area contributed by atoms with Crippen molar-refractivity contribution in [1.29, 1.82) is 0 Å². The van der Waals surface area contributed by atoms with Crippen LogP contribution in [0, 0.1) is 0 Å². The van der Waals surface area contributed by atoms with Crippen LogP contribution >= 0.6 is 0 Å².